The molecule has 0 aliphatic carbocycles. The van der Waals surface area contributed by atoms with Crippen molar-refractivity contribution in [1.29, 1.82) is 0 Å². The quantitative estimate of drug-likeness (QED) is 0.799. The van der Waals surface area contributed by atoms with E-state index in [0.717, 1.165) is 31.7 Å². The summed E-state index contributed by atoms with van der Waals surface area (Å²) in [5.74, 6) is 2.04. The monoisotopic (exact) mass is 342 g/mol. The number of hydrogen-bond donors (Lipinski definition) is 1. The first-order valence-electron chi connectivity index (χ1n) is 8.91. The van der Waals surface area contributed by atoms with Crippen LogP contribution in [-0.2, 0) is 0 Å². The predicted molar refractivity (Wildman–Crippen MR) is 96.8 cm³/mol. The Morgan fingerprint density at radius 2 is 1.80 bits per heavy atom. The van der Waals surface area contributed by atoms with Gasteiger partial charge in [0.05, 0.1) is 6.61 Å². The van der Waals surface area contributed by atoms with E-state index in [-0.39, 0.29) is 0 Å². The van der Waals surface area contributed by atoms with Gasteiger partial charge in [-0.3, -0.25) is 0 Å². The zero-order valence-corrected chi connectivity index (χ0v) is 14.5. The Bertz CT molecular complexity index is 601. The van der Waals surface area contributed by atoms with Crippen LogP contribution in [0.3, 0.4) is 0 Å². The molecule has 1 aromatic carbocycles. The molecule has 1 fully saturated rings. The van der Waals surface area contributed by atoms with Gasteiger partial charge in [0.2, 0.25) is 5.88 Å². The number of ether oxygens (including phenoxy) is 2. The Kier molecular flexibility index (Phi) is 6.65. The van der Waals surface area contributed by atoms with Gasteiger partial charge >= 0.3 is 0 Å². The van der Waals surface area contributed by atoms with Crippen molar-refractivity contribution in [3.05, 3.63) is 54.7 Å². The molecule has 0 saturated carbocycles. The van der Waals surface area contributed by atoms with Crippen LogP contribution in [0.5, 0.6) is 11.6 Å². The topological polar surface area (TPSA) is 54.8 Å². The Labute approximate surface area is 149 Å². The molecule has 0 amide bonds. The van der Waals surface area contributed by atoms with Crippen LogP contribution >= 0.6 is 0 Å². The Balaban J connectivity index is 1.32. The van der Waals surface area contributed by atoms with Crippen LogP contribution in [-0.4, -0.2) is 53.9 Å². The molecule has 2 aromatic rings. The Morgan fingerprint density at radius 1 is 1.04 bits per heavy atom. The van der Waals surface area contributed by atoms with E-state index in [9.17, 15) is 5.11 Å². The standard InChI is InChI=1S/C20H26N2O3/c23-18(16-24-19-6-2-1-3-7-19)14-22-12-9-17(10-13-22)15-25-20-8-4-5-11-21-20/h1-8,11,17-18,23H,9-10,12-16H2. The molecular formula is C20H26N2O3. The summed E-state index contributed by atoms with van der Waals surface area (Å²) in [6.07, 6.45) is 3.44. The summed E-state index contributed by atoms with van der Waals surface area (Å²) in [4.78, 5) is 6.49. The minimum atomic E-state index is -0.471. The third-order valence-electron chi connectivity index (χ3n) is 4.47. The fourth-order valence-electron chi connectivity index (χ4n) is 3.03. The van der Waals surface area contributed by atoms with E-state index < -0.39 is 6.10 Å². The van der Waals surface area contributed by atoms with E-state index in [2.05, 4.69) is 9.88 Å². The number of piperidine rings is 1. The molecule has 5 nitrogen and oxygen atoms in total. The summed E-state index contributed by atoms with van der Waals surface area (Å²) in [5, 5.41) is 10.2. The number of rotatable bonds is 8. The second-order valence-electron chi connectivity index (χ2n) is 6.50. The Hall–Kier alpha value is -2.11. The summed E-state index contributed by atoms with van der Waals surface area (Å²) < 4.78 is 11.4. The third-order valence-corrected chi connectivity index (χ3v) is 4.47. The van der Waals surface area contributed by atoms with Gasteiger partial charge in [0.25, 0.3) is 0 Å². The molecular weight excluding hydrogens is 316 g/mol. The molecule has 1 aliphatic heterocycles. The number of nitrogens with zero attached hydrogens (tertiary/aromatic N) is 2. The molecule has 2 heterocycles. The van der Waals surface area contributed by atoms with Crippen LogP contribution in [0.15, 0.2) is 54.7 Å². The smallest absolute Gasteiger partial charge is 0.213 e. The fourth-order valence-corrected chi connectivity index (χ4v) is 3.03. The van der Waals surface area contributed by atoms with Gasteiger partial charge in [-0.15, -0.1) is 0 Å². The van der Waals surface area contributed by atoms with Gasteiger partial charge in [-0.25, -0.2) is 4.98 Å². The zero-order valence-electron chi connectivity index (χ0n) is 14.5. The van der Waals surface area contributed by atoms with E-state index in [1.165, 1.54) is 0 Å². The highest BCUT2D eigenvalue weighted by atomic mass is 16.5. The van der Waals surface area contributed by atoms with Crippen molar-refractivity contribution >= 4 is 0 Å². The lowest BCUT2D eigenvalue weighted by Crippen LogP contribution is -2.41. The van der Waals surface area contributed by atoms with Gasteiger partial charge in [0, 0.05) is 18.8 Å². The third kappa shape index (κ3) is 6.03. The van der Waals surface area contributed by atoms with Gasteiger partial charge in [0.1, 0.15) is 18.5 Å². The van der Waals surface area contributed by atoms with Gasteiger partial charge < -0.3 is 19.5 Å². The van der Waals surface area contributed by atoms with Crippen molar-refractivity contribution < 1.29 is 14.6 Å². The average Bonchev–Trinajstić information content (AvgIpc) is 2.67. The summed E-state index contributed by atoms with van der Waals surface area (Å²) >= 11 is 0. The second kappa shape index (κ2) is 9.39. The summed E-state index contributed by atoms with van der Waals surface area (Å²) in [7, 11) is 0. The first kappa shape index (κ1) is 17.7. The van der Waals surface area contributed by atoms with Gasteiger partial charge in [-0.1, -0.05) is 24.3 Å². The van der Waals surface area contributed by atoms with Crippen molar-refractivity contribution in [2.45, 2.75) is 18.9 Å². The molecule has 1 atom stereocenters. The number of pyridine rings is 1. The van der Waals surface area contributed by atoms with Crippen LogP contribution in [0.2, 0.25) is 0 Å². The van der Waals surface area contributed by atoms with Crippen LogP contribution < -0.4 is 9.47 Å². The second-order valence-corrected chi connectivity index (χ2v) is 6.50. The van der Waals surface area contributed by atoms with Crippen LogP contribution in [0.1, 0.15) is 12.8 Å². The number of aliphatic hydroxyl groups excluding tert-OH is 1. The highest BCUT2D eigenvalue weighted by Crippen LogP contribution is 2.19. The van der Waals surface area contributed by atoms with E-state index in [1.54, 1.807) is 6.20 Å². The maximum Gasteiger partial charge on any atom is 0.213 e. The maximum atomic E-state index is 10.2. The lowest BCUT2D eigenvalue weighted by Gasteiger charge is -2.32. The highest BCUT2D eigenvalue weighted by molar-refractivity contribution is 5.20. The van der Waals surface area contributed by atoms with Gasteiger partial charge in [0.15, 0.2) is 0 Å². The molecule has 0 radical (unpaired) electrons. The van der Waals surface area contributed by atoms with E-state index in [1.807, 2.05) is 48.5 Å². The molecule has 1 unspecified atom stereocenters. The van der Waals surface area contributed by atoms with E-state index >= 15 is 0 Å². The van der Waals surface area contributed by atoms with Crippen LogP contribution in [0.25, 0.3) is 0 Å². The molecule has 1 aromatic heterocycles. The molecule has 1 saturated heterocycles. The number of aliphatic hydroxyl groups is 1. The summed E-state index contributed by atoms with van der Waals surface area (Å²) in [6.45, 7) is 3.66. The average molecular weight is 342 g/mol. The lowest BCUT2D eigenvalue weighted by atomic mass is 9.97. The van der Waals surface area contributed by atoms with Gasteiger partial charge in [-0.05, 0) is 50.0 Å². The predicted octanol–water partition coefficient (Wildman–Crippen LogP) is 2.61. The lowest BCUT2D eigenvalue weighted by molar-refractivity contribution is 0.0501. The van der Waals surface area contributed by atoms with Gasteiger partial charge in [-0.2, -0.15) is 0 Å². The molecule has 1 aliphatic rings. The van der Waals surface area contributed by atoms with E-state index in [0.29, 0.717) is 31.6 Å². The number of para-hydroxylation sites is 1. The van der Waals surface area contributed by atoms with Crippen molar-refractivity contribution in [2.24, 2.45) is 5.92 Å². The van der Waals surface area contributed by atoms with Crippen LogP contribution in [0, 0.1) is 5.92 Å². The molecule has 0 bridgehead atoms. The first-order chi connectivity index (χ1) is 12.3. The fraction of sp³-hybridized carbons (Fsp3) is 0.450. The van der Waals surface area contributed by atoms with Crippen molar-refractivity contribution in [1.82, 2.24) is 9.88 Å². The number of likely N-dealkylation sites (tertiary alicyclic amines) is 1. The largest absolute Gasteiger partial charge is 0.491 e. The number of β-amino-alcohol motifs (C(OH)–C–C–N with tert-alkyl or cyclic N) is 1. The molecule has 134 valence electrons. The first-order valence-corrected chi connectivity index (χ1v) is 8.91. The number of aromatic nitrogens is 1. The number of hydrogen-bond acceptors (Lipinski definition) is 5. The summed E-state index contributed by atoms with van der Waals surface area (Å²) in [6, 6.07) is 15.3. The van der Waals surface area contributed by atoms with Crippen molar-refractivity contribution in [3.8, 4) is 11.6 Å². The van der Waals surface area contributed by atoms with Crippen molar-refractivity contribution in [2.75, 3.05) is 32.8 Å². The minimum absolute atomic E-state index is 0.326. The van der Waals surface area contributed by atoms with E-state index in [4.69, 9.17) is 9.47 Å². The summed E-state index contributed by atoms with van der Waals surface area (Å²) in [5.41, 5.74) is 0. The SMILES string of the molecule is OC(COc1ccccc1)CN1CCC(COc2ccccn2)CC1. The molecule has 3 rings (SSSR count). The molecule has 5 heteroatoms. The van der Waals surface area contributed by atoms with Crippen LogP contribution in [0.4, 0.5) is 0 Å². The maximum absolute atomic E-state index is 10.2. The normalized spacial score (nSPS) is 17.2. The highest BCUT2D eigenvalue weighted by Gasteiger charge is 2.21. The Morgan fingerprint density at radius 3 is 2.52 bits per heavy atom. The minimum Gasteiger partial charge on any atom is -0.491 e. The zero-order chi connectivity index (χ0) is 17.3. The molecule has 0 spiro atoms. The molecule has 25 heavy (non-hydrogen) atoms. The number of benzene rings is 1. The molecule has 1 N–H and O–H groups in total. The van der Waals surface area contributed by atoms with Crippen molar-refractivity contribution in [3.63, 3.8) is 0 Å².